The summed E-state index contributed by atoms with van der Waals surface area (Å²) in [6.45, 7) is 2.21. The first kappa shape index (κ1) is 33.5. The molecule has 8 aliphatic rings. The van der Waals surface area contributed by atoms with Gasteiger partial charge in [-0.05, 0) is 161 Å². The molecule has 0 heterocycles. The SMILES string of the molecule is O=C(NCCCNC(=O)C12CC3CC(CC(C3)C1)C2)c1ccc(-c2ccc(C(=O)NCCCNC(=O)C34CC5CC(CC(C5)C3)C4)cc2)cc1. The van der Waals surface area contributed by atoms with Crippen LogP contribution in [0.5, 0.6) is 0 Å². The quantitative estimate of drug-likeness (QED) is 0.187. The molecule has 0 atom stereocenters. The number of nitrogens with one attached hydrogen (secondary N) is 4. The van der Waals surface area contributed by atoms with Gasteiger partial charge in [-0.25, -0.2) is 0 Å². The lowest BCUT2D eigenvalue weighted by Gasteiger charge is -2.55. The third kappa shape index (κ3) is 6.83. The lowest BCUT2D eigenvalue weighted by molar-refractivity contribution is -0.146. The topological polar surface area (TPSA) is 116 Å². The zero-order valence-electron chi connectivity index (χ0n) is 29.4. The van der Waals surface area contributed by atoms with E-state index in [4.69, 9.17) is 0 Å². The Bertz CT molecular complexity index is 1410. The van der Waals surface area contributed by atoms with Crippen molar-refractivity contribution in [3.8, 4) is 11.1 Å². The number of hydrogen-bond donors (Lipinski definition) is 4. The minimum Gasteiger partial charge on any atom is -0.356 e. The van der Waals surface area contributed by atoms with Crippen LogP contribution >= 0.6 is 0 Å². The minimum atomic E-state index is -0.124. The second-order valence-electron chi connectivity index (χ2n) is 17.3. The molecule has 266 valence electrons. The Morgan fingerprint density at radius 1 is 0.440 bits per heavy atom. The van der Waals surface area contributed by atoms with Crippen LogP contribution in [0.25, 0.3) is 11.1 Å². The molecule has 0 radical (unpaired) electrons. The second kappa shape index (κ2) is 13.8. The first-order chi connectivity index (χ1) is 24.3. The van der Waals surface area contributed by atoms with E-state index in [-0.39, 0.29) is 34.5 Å². The summed E-state index contributed by atoms with van der Waals surface area (Å²) in [4.78, 5) is 51.8. The summed E-state index contributed by atoms with van der Waals surface area (Å²) in [6.07, 6.45) is 15.8. The number of rotatable bonds is 13. The highest BCUT2D eigenvalue weighted by Gasteiger charge is 2.55. The van der Waals surface area contributed by atoms with E-state index in [0.717, 1.165) is 85.2 Å². The number of benzene rings is 2. The summed E-state index contributed by atoms with van der Waals surface area (Å²) in [5.74, 6) is 4.76. The van der Waals surface area contributed by atoms with E-state index in [0.29, 0.717) is 50.1 Å². The van der Waals surface area contributed by atoms with Crippen molar-refractivity contribution in [3.63, 3.8) is 0 Å². The summed E-state index contributed by atoms with van der Waals surface area (Å²) in [7, 11) is 0. The van der Waals surface area contributed by atoms with Crippen molar-refractivity contribution in [2.24, 2.45) is 46.3 Å². The van der Waals surface area contributed by atoms with Gasteiger partial charge in [0.2, 0.25) is 11.8 Å². The average Bonchev–Trinajstić information content (AvgIpc) is 3.10. The van der Waals surface area contributed by atoms with Gasteiger partial charge in [0.25, 0.3) is 11.8 Å². The molecular formula is C42H54N4O4. The summed E-state index contributed by atoms with van der Waals surface area (Å²) in [5, 5.41) is 12.4. The highest BCUT2D eigenvalue weighted by atomic mass is 16.2. The van der Waals surface area contributed by atoms with Crippen molar-refractivity contribution < 1.29 is 19.2 Å². The van der Waals surface area contributed by atoms with Gasteiger partial charge in [0.05, 0.1) is 0 Å². The smallest absolute Gasteiger partial charge is 0.251 e. The van der Waals surface area contributed by atoms with E-state index in [1.807, 2.05) is 48.5 Å². The minimum absolute atomic E-state index is 0.122. The van der Waals surface area contributed by atoms with E-state index >= 15 is 0 Å². The predicted molar refractivity (Wildman–Crippen MR) is 193 cm³/mol. The lowest BCUT2D eigenvalue weighted by Crippen LogP contribution is -2.53. The van der Waals surface area contributed by atoms with Gasteiger partial charge in [-0.2, -0.15) is 0 Å². The molecule has 2 aromatic carbocycles. The lowest BCUT2D eigenvalue weighted by atomic mass is 9.49. The Hall–Kier alpha value is -3.68. The van der Waals surface area contributed by atoms with Crippen LogP contribution in [-0.4, -0.2) is 49.8 Å². The Morgan fingerprint density at radius 2 is 0.720 bits per heavy atom. The van der Waals surface area contributed by atoms with Gasteiger partial charge in [-0.1, -0.05) is 24.3 Å². The zero-order chi connectivity index (χ0) is 34.3. The molecule has 8 heteroatoms. The maximum atomic E-state index is 13.1. The molecule has 4 amide bonds. The zero-order valence-corrected chi connectivity index (χ0v) is 29.4. The van der Waals surface area contributed by atoms with Crippen LogP contribution in [0.15, 0.2) is 48.5 Å². The van der Waals surface area contributed by atoms with Crippen molar-refractivity contribution in [1.29, 1.82) is 0 Å². The maximum absolute atomic E-state index is 13.1. The molecule has 8 aliphatic carbocycles. The Kier molecular flexibility index (Phi) is 9.24. The molecule has 50 heavy (non-hydrogen) atoms. The summed E-state index contributed by atoms with van der Waals surface area (Å²) in [6, 6.07) is 15.0. The number of amides is 4. The molecule has 0 aromatic heterocycles. The summed E-state index contributed by atoms with van der Waals surface area (Å²) >= 11 is 0. The van der Waals surface area contributed by atoms with Crippen LogP contribution in [0, 0.1) is 46.3 Å². The molecule has 8 nitrogen and oxygen atoms in total. The molecular weight excluding hydrogens is 624 g/mol. The monoisotopic (exact) mass is 678 g/mol. The predicted octanol–water partition coefficient (Wildman–Crippen LogP) is 6.26. The molecule has 8 saturated carbocycles. The summed E-state index contributed by atoms with van der Waals surface area (Å²) < 4.78 is 0. The van der Waals surface area contributed by atoms with Crippen molar-refractivity contribution in [2.75, 3.05) is 26.2 Å². The fraction of sp³-hybridized carbons (Fsp3) is 0.619. The van der Waals surface area contributed by atoms with E-state index in [1.54, 1.807) is 0 Å². The molecule has 0 unspecified atom stereocenters. The molecule has 0 saturated heterocycles. The van der Waals surface area contributed by atoms with Crippen molar-refractivity contribution in [2.45, 2.75) is 89.9 Å². The van der Waals surface area contributed by atoms with Crippen molar-refractivity contribution >= 4 is 23.6 Å². The van der Waals surface area contributed by atoms with Crippen molar-refractivity contribution in [1.82, 2.24) is 21.3 Å². The molecule has 8 bridgehead atoms. The molecule has 10 rings (SSSR count). The first-order valence-electron chi connectivity index (χ1n) is 19.6. The van der Waals surface area contributed by atoms with E-state index < -0.39 is 0 Å². The van der Waals surface area contributed by atoms with E-state index in [1.165, 1.54) is 38.5 Å². The van der Waals surface area contributed by atoms with Gasteiger partial charge in [0.1, 0.15) is 0 Å². The van der Waals surface area contributed by atoms with Gasteiger partial charge < -0.3 is 21.3 Å². The third-order valence-corrected chi connectivity index (χ3v) is 13.5. The molecule has 2 aromatic rings. The molecule has 0 aliphatic heterocycles. The van der Waals surface area contributed by atoms with E-state index in [9.17, 15) is 19.2 Å². The fourth-order valence-electron chi connectivity index (χ4n) is 12.0. The molecule has 4 N–H and O–H groups in total. The van der Waals surface area contributed by atoms with Gasteiger partial charge in [-0.15, -0.1) is 0 Å². The van der Waals surface area contributed by atoms with Crippen LogP contribution in [0.2, 0.25) is 0 Å². The number of hydrogen-bond acceptors (Lipinski definition) is 4. The Labute approximate surface area is 296 Å². The second-order valence-corrected chi connectivity index (χ2v) is 17.3. The van der Waals surface area contributed by atoms with Crippen LogP contribution in [0.3, 0.4) is 0 Å². The summed E-state index contributed by atoms with van der Waals surface area (Å²) in [5.41, 5.74) is 2.88. The van der Waals surface area contributed by atoms with Crippen LogP contribution in [0.1, 0.15) is 111 Å². The van der Waals surface area contributed by atoms with Crippen molar-refractivity contribution in [3.05, 3.63) is 59.7 Å². The highest BCUT2D eigenvalue weighted by molar-refractivity contribution is 5.95. The third-order valence-electron chi connectivity index (χ3n) is 13.5. The Balaban J connectivity index is 0.725. The van der Waals surface area contributed by atoms with Crippen LogP contribution in [-0.2, 0) is 9.59 Å². The van der Waals surface area contributed by atoms with Gasteiger partial charge in [0, 0.05) is 48.1 Å². The van der Waals surface area contributed by atoms with Gasteiger partial charge in [0.15, 0.2) is 0 Å². The van der Waals surface area contributed by atoms with Crippen LogP contribution in [0.4, 0.5) is 0 Å². The normalized spacial score (nSPS) is 32.8. The number of carbonyl (C=O) groups is 4. The largest absolute Gasteiger partial charge is 0.356 e. The molecule has 0 spiro atoms. The Morgan fingerprint density at radius 3 is 1.02 bits per heavy atom. The maximum Gasteiger partial charge on any atom is 0.251 e. The van der Waals surface area contributed by atoms with Crippen LogP contribution < -0.4 is 21.3 Å². The van der Waals surface area contributed by atoms with E-state index in [2.05, 4.69) is 21.3 Å². The van der Waals surface area contributed by atoms with Gasteiger partial charge in [-0.3, -0.25) is 19.2 Å². The highest BCUT2D eigenvalue weighted by Crippen LogP contribution is 2.61. The first-order valence-corrected chi connectivity index (χ1v) is 19.6. The number of carbonyl (C=O) groups excluding carboxylic acids is 4. The molecule has 8 fully saturated rings. The average molecular weight is 679 g/mol. The fourth-order valence-corrected chi connectivity index (χ4v) is 12.0. The van der Waals surface area contributed by atoms with Gasteiger partial charge >= 0.3 is 0 Å². The standard InChI is InChI=1S/C42H54N4O4/c47-37(43-11-1-13-45-39(49)41-21-27-15-28(22-41)17-29(16-27)23-41)35-7-3-33(4-8-35)34-5-9-36(10-6-34)38(48)44-12-2-14-46-40(50)42-24-30-18-31(25-42)20-32(19-30)26-42/h3-10,27-32H,1-2,11-26H2,(H,43,47)(H,44,48)(H,45,49)(H,46,50).